The lowest BCUT2D eigenvalue weighted by atomic mass is 10.2. The highest BCUT2D eigenvalue weighted by atomic mass is 16.2. The highest BCUT2D eigenvalue weighted by Crippen LogP contribution is 2.15. The molecule has 0 radical (unpaired) electrons. The van der Waals surface area contributed by atoms with E-state index in [-0.39, 0.29) is 0 Å². The number of nitrogens with zero attached hydrogens (tertiary/aromatic N) is 1. The monoisotopic (exact) mass is 289 g/mol. The number of amides is 2. The summed E-state index contributed by atoms with van der Waals surface area (Å²) in [4.78, 5) is 26.1. The van der Waals surface area contributed by atoms with E-state index in [2.05, 4.69) is 22.5 Å². The van der Waals surface area contributed by atoms with Gasteiger partial charge < -0.3 is 10.6 Å². The second kappa shape index (κ2) is 7.22. The molecule has 0 spiro atoms. The third-order valence-electron chi connectivity index (χ3n) is 4.00. The zero-order chi connectivity index (χ0) is 15.2. The minimum absolute atomic E-state index is 0.352. The summed E-state index contributed by atoms with van der Waals surface area (Å²) in [5, 5.41) is 5.38. The zero-order valence-corrected chi connectivity index (χ0v) is 12.7. The van der Waals surface area contributed by atoms with E-state index in [0.717, 1.165) is 31.5 Å². The number of nitrogens with one attached hydrogen (secondary N) is 2. The highest BCUT2D eigenvalue weighted by Gasteiger charge is 2.24. The van der Waals surface area contributed by atoms with Crippen molar-refractivity contribution in [3.63, 3.8) is 0 Å². The number of carbonyl (C=O) groups is 2. The Morgan fingerprint density at radius 1 is 1.29 bits per heavy atom. The number of likely N-dealkylation sites (N-methyl/N-ethyl adjacent to an activating group) is 1. The van der Waals surface area contributed by atoms with Crippen LogP contribution in [0.5, 0.6) is 0 Å². The standard InChI is InChI=1S/C16H23N3O2/c1-3-19-10-6-8-13(19)11-17-15(20)16(21)18-14-9-5-4-7-12(14)2/h4-5,7,9,13H,3,6,8,10-11H2,1-2H3,(H,17,20)(H,18,21)/t13-/m1/s1. The van der Waals surface area contributed by atoms with Crippen LogP contribution in [0.25, 0.3) is 0 Å². The Morgan fingerprint density at radius 3 is 2.76 bits per heavy atom. The Balaban J connectivity index is 1.83. The average Bonchev–Trinajstić information content (AvgIpc) is 2.94. The van der Waals surface area contributed by atoms with E-state index in [1.165, 1.54) is 0 Å². The number of para-hydroxylation sites is 1. The van der Waals surface area contributed by atoms with Crippen molar-refractivity contribution < 1.29 is 9.59 Å². The second-order valence-corrected chi connectivity index (χ2v) is 5.40. The van der Waals surface area contributed by atoms with Crippen LogP contribution in [-0.4, -0.2) is 42.4 Å². The van der Waals surface area contributed by atoms with Gasteiger partial charge in [0.05, 0.1) is 0 Å². The van der Waals surface area contributed by atoms with Crippen molar-refractivity contribution in [2.45, 2.75) is 32.7 Å². The van der Waals surface area contributed by atoms with Gasteiger partial charge in [0.15, 0.2) is 0 Å². The van der Waals surface area contributed by atoms with E-state index >= 15 is 0 Å². The quantitative estimate of drug-likeness (QED) is 0.826. The van der Waals surface area contributed by atoms with Crippen molar-refractivity contribution in [3.8, 4) is 0 Å². The maximum absolute atomic E-state index is 11.9. The first-order valence-corrected chi connectivity index (χ1v) is 7.50. The maximum Gasteiger partial charge on any atom is 0.313 e. The van der Waals surface area contributed by atoms with Crippen molar-refractivity contribution >= 4 is 17.5 Å². The van der Waals surface area contributed by atoms with E-state index in [1.807, 2.05) is 25.1 Å². The van der Waals surface area contributed by atoms with Crippen LogP contribution in [0.1, 0.15) is 25.3 Å². The lowest BCUT2D eigenvalue weighted by molar-refractivity contribution is -0.136. The van der Waals surface area contributed by atoms with Gasteiger partial charge in [-0.05, 0) is 44.5 Å². The number of benzene rings is 1. The molecule has 5 nitrogen and oxygen atoms in total. The molecule has 2 N–H and O–H groups in total. The number of anilines is 1. The molecule has 2 rings (SSSR count). The topological polar surface area (TPSA) is 61.4 Å². The van der Waals surface area contributed by atoms with Crippen LogP contribution < -0.4 is 10.6 Å². The van der Waals surface area contributed by atoms with Gasteiger partial charge in [0.25, 0.3) is 0 Å². The van der Waals surface area contributed by atoms with Crippen LogP contribution in [0.4, 0.5) is 5.69 Å². The highest BCUT2D eigenvalue weighted by molar-refractivity contribution is 6.39. The lowest BCUT2D eigenvalue weighted by Gasteiger charge is -2.22. The smallest absolute Gasteiger partial charge is 0.313 e. The summed E-state index contributed by atoms with van der Waals surface area (Å²) in [5.41, 5.74) is 1.61. The Kier molecular flexibility index (Phi) is 5.33. The van der Waals surface area contributed by atoms with Gasteiger partial charge in [-0.2, -0.15) is 0 Å². The van der Waals surface area contributed by atoms with Gasteiger partial charge in [0, 0.05) is 18.3 Å². The molecule has 2 amide bonds. The van der Waals surface area contributed by atoms with Crippen molar-refractivity contribution in [1.29, 1.82) is 0 Å². The number of hydrogen-bond donors (Lipinski definition) is 2. The van der Waals surface area contributed by atoms with Gasteiger partial charge in [0.2, 0.25) is 0 Å². The van der Waals surface area contributed by atoms with Crippen LogP contribution in [0.3, 0.4) is 0 Å². The van der Waals surface area contributed by atoms with Crippen LogP contribution in [0, 0.1) is 6.92 Å². The lowest BCUT2D eigenvalue weighted by Crippen LogP contribution is -2.43. The van der Waals surface area contributed by atoms with Gasteiger partial charge >= 0.3 is 11.8 Å². The van der Waals surface area contributed by atoms with Crippen LogP contribution >= 0.6 is 0 Å². The Morgan fingerprint density at radius 2 is 2.05 bits per heavy atom. The van der Waals surface area contributed by atoms with Crippen molar-refractivity contribution in [3.05, 3.63) is 29.8 Å². The molecule has 1 atom stereocenters. The van der Waals surface area contributed by atoms with Gasteiger partial charge in [0.1, 0.15) is 0 Å². The third kappa shape index (κ3) is 4.04. The fourth-order valence-corrected chi connectivity index (χ4v) is 2.73. The van der Waals surface area contributed by atoms with E-state index in [0.29, 0.717) is 18.3 Å². The third-order valence-corrected chi connectivity index (χ3v) is 4.00. The van der Waals surface area contributed by atoms with Gasteiger partial charge in [-0.25, -0.2) is 0 Å². The van der Waals surface area contributed by atoms with Crippen LogP contribution in [0.2, 0.25) is 0 Å². The first-order chi connectivity index (χ1) is 10.1. The summed E-state index contributed by atoms with van der Waals surface area (Å²) in [6.45, 7) is 6.60. The summed E-state index contributed by atoms with van der Waals surface area (Å²) in [6, 6.07) is 7.76. The summed E-state index contributed by atoms with van der Waals surface area (Å²) in [7, 11) is 0. The summed E-state index contributed by atoms with van der Waals surface area (Å²) >= 11 is 0. The van der Waals surface area contributed by atoms with Gasteiger partial charge in [-0.1, -0.05) is 25.1 Å². The molecular weight excluding hydrogens is 266 g/mol. The summed E-state index contributed by atoms with van der Waals surface area (Å²) in [5.74, 6) is -1.17. The number of rotatable bonds is 4. The number of likely N-dealkylation sites (tertiary alicyclic amines) is 1. The van der Waals surface area contributed by atoms with Gasteiger partial charge in [-0.3, -0.25) is 14.5 Å². The van der Waals surface area contributed by atoms with Crippen molar-refractivity contribution in [2.75, 3.05) is 25.0 Å². The SMILES string of the molecule is CCN1CCC[C@@H]1CNC(=O)C(=O)Nc1ccccc1C. The summed E-state index contributed by atoms with van der Waals surface area (Å²) < 4.78 is 0. The van der Waals surface area contributed by atoms with Gasteiger partial charge in [-0.15, -0.1) is 0 Å². The Labute approximate surface area is 125 Å². The molecule has 0 aliphatic carbocycles. The molecule has 1 saturated heterocycles. The predicted molar refractivity (Wildman–Crippen MR) is 83.1 cm³/mol. The fraction of sp³-hybridized carbons (Fsp3) is 0.500. The van der Waals surface area contributed by atoms with E-state index in [1.54, 1.807) is 6.07 Å². The molecule has 0 unspecified atom stereocenters. The van der Waals surface area contributed by atoms with E-state index < -0.39 is 11.8 Å². The minimum atomic E-state index is -0.606. The number of aryl methyl sites for hydroxylation is 1. The number of carbonyl (C=O) groups excluding carboxylic acids is 2. The maximum atomic E-state index is 11.9. The van der Waals surface area contributed by atoms with Crippen LogP contribution in [0.15, 0.2) is 24.3 Å². The molecule has 114 valence electrons. The zero-order valence-electron chi connectivity index (χ0n) is 12.7. The van der Waals surface area contributed by atoms with E-state index in [4.69, 9.17) is 0 Å². The fourth-order valence-electron chi connectivity index (χ4n) is 2.73. The molecular formula is C16H23N3O2. The van der Waals surface area contributed by atoms with Crippen LogP contribution in [-0.2, 0) is 9.59 Å². The Bertz CT molecular complexity index is 516. The van der Waals surface area contributed by atoms with E-state index in [9.17, 15) is 9.59 Å². The Hall–Kier alpha value is -1.88. The first-order valence-electron chi connectivity index (χ1n) is 7.50. The van der Waals surface area contributed by atoms with Crippen molar-refractivity contribution in [1.82, 2.24) is 10.2 Å². The summed E-state index contributed by atoms with van der Waals surface area (Å²) in [6.07, 6.45) is 2.23. The molecule has 1 aromatic rings. The molecule has 1 heterocycles. The first kappa shape index (κ1) is 15.5. The molecule has 5 heteroatoms. The molecule has 0 saturated carbocycles. The molecule has 1 aliphatic heterocycles. The molecule has 21 heavy (non-hydrogen) atoms. The van der Waals surface area contributed by atoms with Crippen molar-refractivity contribution in [2.24, 2.45) is 0 Å². The second-order valence-electron chi connectivity index (χ2n) is 5.40. The largest absolute Gasteiger partial charge is 0.346 e. The number of hydrogen-bond acceptors (Lipinski definition) is 3. The molecule has 0 aromatic heterocycles. The molecule has 0 bridgehead atoms. The average molecular weight is 289 g/mol. The normalized spacial score (nSPS) is 18.5. The predicted octanol–water partition coefficient (Wildman–Crippen LogP) is 1.53. The minimum Gasteiger partial charge on any atom is -0.346 e. The molecule has 1 aromatic carbocycles. The molecule has 1 fully saturated rings. The molecule has 1 aliphatic rings.